The number of unbranched alkanes of at least 4 members (excludes halogenated alkanes) is 6. The van der Waals surface area contributed by atoms with E-state index in [0.29, 0.717) is 6.61 Å². The average Bonchev–Trinajstić information content (AvgIpc) is 2.42. The molecule has 1 N–H and O–H groups in total. The van der Waals surface area contributed by atoms with Gasteiger partial charge in [0.2, 0.25) is 0 Å². The minimum atomic E-state index is 0.650. The Bertz CT molecular complexity index is 274. The van der Waals surface area contributed by atoms with Gasteiger partial charge < -0.3 is 0 Å². The van der Waals surface area contributed by atoms with Crippen molar-refractivity contribution in [2.45, 2.75) is 58.5 Å². The monoisotopic (exact) mass is 249 g/mol. The predicted octanol–water partition coefficient (Wildman–Crippen LogP) is 4.46. The molecule has 0 aliphatic rings. The summed E-state index contributed by atoms with van der Waals surface area (Å²) in [4.78, 5) is 5.41. The first-order chi connectivity index (χ1) is 8.93. The van der Waals surface area contributed by atoms with Gasteiger partial charge in [0, 0.05) is 6.54 Å². The minimum Gasteiger partial charge on any atom is -0.297 e. The standard InChI is InChI=1S/C16H27NO/c1-2-3-4-5-6-7-11-14-17-18-15-16-12-9-8-10-13-16/h8-10,12-13,17H,2-7,11,14-15H2,1H3. The van der Waals surface area contributed by atoms with Gasteiger partial charge in [-0.15, -0.1) is 0 Å². The molecule has 102 valence electrons. The van der Waals surface area contributed by atoms with Crippen molar-refractivity contribution in [1.29, 1.82) is 0 Å². The molecule has 0 spiro atoms. The van der Waals surface area contributed by atoms with Crippen LogP contribution in [0.3, 0.4) is 0 Å². The highest BCUT2D eigenvalue weighted by molar-refractivity contribution is 5.13. The first-order valence-corrected chi connectivity index (χ1v) is 7.32. The zero-order valence-electron chi connectivity index (χ0n) is 11.7. The van der Waals surface area contributed by atoms with Crippen LogP contribution >= 0.6 is 0 Å². The Morgan fingerprint density at radius 2 is 1.56 bits per heavy atom. The van der Waals surface area contributed by atoms with Gasteiger partial charge in [0.1, 0.15) is 0 Å². The molecule has 0 aromatic heterocycles. The van der Waals surface area contributed by atoms with Gasteiger partial charge in [-0.2, -0.15) is 0 Å². The lowest BCUT2D eigenvalue weighted by Crippen LogP contribution is -2.15. The van der Waals surface area contributed by atoms with E-state index in [1.165, 1.54) is 50.5 Å². The summed E-state index contributed by atoms with van der Waals surface area (Å²) in [5.74, 6) is 0. The fourth-order valence-corrected chi connectivity index (χ4v) is 1.94. The normalized spacial score (nSPS) is 10.7. The van der Waals surface area contributed by atoms with Crippen LogP contribution in [0.2, 0.25) is 0 Å². The van der Waals surface area contributed by atoms with Gasteiger partial charge >= 0.3 is 0 Å². The lowest BCUT2D eigenvalue weighted by Gasteiger charge is -2.06. The van der Waals surface area contributed by atoms with Crippen LogP contribution in [0, 0.1) is 0 Å². The number of hydrogen-bond donors (Lipinski definition) is 1. The lowest BCUT2D eigenvalue weighted by atomic mass is 10.1. The highest BCUT2D eigenvalue weighted by Crippen LogP contribution is 2.06. The highest BCUT2D eigenvalue weighted by Gasteiger charge is 1.93. The Labute approximate surface area is 112 Å². The van der Waals surface area contributed by atoms with E-state index in [2.05, 4.69) is 24.5 Å². The van der Waals surface area contributed by atoms with Crippen LogP contribution in [-0.2, 0) is 11.4 Å². The summed E-state index contributed by atoms with van der Waals surface area (Å²) in [5, 5.41) is 0. The second-order valence-corrected chi connectivity index (χ2v) is 4.79. The van der Waals surface area contributed by atoms with Crippen molar-refractivity contribution in [3.8, 4) is 0 Å². The van der Waals surface area contributed by atoms with Crippen molar-refractivity contribution in [3.63, 3.8) is 0 Å². The van der Waals surface area contributed by atoms with Gasteiger partial charge in [-0.1, -0.05) is 75.8 Å². The second-order valence-electron chi connectivity index (χ2n) is 4.79. The topological polar surface area (TPSA) is 21.3 Å². The first-order valence-electron chi connectivity index (χ1n) is 7.32. The number of hydrogen-bond acceptors (Lipinski definition) is 2. The van der Waals surface area contributed by atoms with E-state index >= 15 is 0 Å². The van der Waals surface area contributed by atoms with Crippen molar-refractivity contribution >= 4 is 0 Å². The maximum atomic E-state index is 5.41. The molecule has 0 amide bonds. The fourth-order valence-electron chi connectivity index (χ4n) is 1.94. The fraction of sp³-hybridized carbons (Fsp3) is 0.625. The third-order valence-corrected chi connectivity index (χ3v) is 3.07. The van der Waals surface area contributed by atoms with Gasteiger partial charge in [-0.3, -0.25) is 4.84 Å². The molecule has 0 aliphatic carbocycles. The Morgan fingerprint density at radius 3 is 2.28 bits per heavy atom. The van der Waals surface area contributed by atoms with Gasteiger partial charge in [0.15, 0.2) is 0 Å². The Balaban J connectivity index is 1.82. The molecule has 0 aliphatic heterocycles. The van der Waals surface area contributed by atoms with Crippen molar-refractivity contribution < 1.29 is 4.84 Å². The molecule has 0 atom stereocenters. The summed E-state index contributed by atoms with van der Waals surface area (Å²) >= 11 is 0. The molecule has 0 radical (unpaired) electrons. The van der Waals surface area contributed by atoms with Crippen LogP contribution < -0.4 is 5.48 Å². The van der Waals surface area contributed by atoms with Crippen LogP contribution in [0.25, 0.3) is 0 Å². The van der Waals surface area contributed by atoms with Crippen LogP contribution in [0.1, 0.15) is 57.4 Å². The molecule has 1 aromatic rings. The summed E-state index contributed by atoms with van der Waals surface area (Å²) in [6.07, 6.45) is 9.38. The third-order valence-electron chi connectivity index (χ3n) is 3.07. The second kappa shape index (κ2) is 11.2. The smallest absolute Gasteiger partial charge is 0.0933 e. The summed E-state index contributed by atoms with van der Waals surface area (Å²) in [7, 11) is 0. The number of nitrogens with one attached hydrogen (secondary N) is 1. The molecule has 0 unspecified atom stereocenters. The molecule has 0 saturated carbocycles. The van der Waals surface area contributed by atoms with Crippen molar-refractivity contribution in [3.05, 3.63) is 35.9 Å². The predicted molar refractivity (Wildman–Crippen MR) is 77.2 cm³/mol. The third kappa shape index (κ3) is 8.26. The van der Waals surface area contributed by atoms with E-state index < -0.39 is 0 Å². The van der Waals surface area contributed by atoms with Crippen LogP contribution in [0.5, 0.6) is 0 Å². The number of hydroxylamine groups is 1. The van der Waals surface area contributed by atoms with Crippen LogP contribution in [0.4, 0.5) is 0 Å². The van der Waals surface area contributed by atoms with Gasteiger partial charge in [-0.25, -0.2) is 5.48 Å². The van der Waals surface area contributed by atoms with E-state index in [1.54, 1.807) is 0 Å². The molecular weight excluding hydrogens is 222 g/mol. The highest BCUT2D eigenvalue weighted by atomic mass is 16.6. The van der Waals surface area contributed by atoms with E-state index in [1.807, 2.05) is 18.2 Å². The van der Waals surface area contributed by atoms with E-state index in [4.69, 9.17) is 4.84 Å². The maximum Gasteiger partial charge on any atom is 0.0933 e. The van der Waals surface area contributed by atoms with Crippen LogP contribution in [-0.4, -0.2) is 6.54 Å². The number of rotatable bonds is 11. The molecular formula is C16H27NO. The van der Waals surface area contributed by atoms with Gasteiger partial charge in [-0.05, 0) is 12.0 Å². The Morgan fingerprint density at radius 1 is 0.889 bits per heavy atom. The average molecular weight is 249 g/mol. The van der Waals surface area contributed by atoms with Gasteiger partial charge in [0.05, 0.1) is 6.61 Å². The zero-order valence-corrected chi connectivity index (χ0v) is 11.7. The molecule has 2 nitrogen and oxygen atoms in total. The summed E-state index contributed by atoms with van der Waals surface area (Å²) in [6.45, 7) is 3.87. The van der Waals surface area contributed by atoms with E-state index in [-0.39, 0.29) is 0 Å². The Hall–Kier alpha value is -0.860. The summed E-state index contributed by atoms with van der Waals surface area (Å²) in [5.41, 5.74) is 4.25. The zero-order chi connectivity index (χ0) is 12.9. The molecule has 0 saturated heterocycles. The molecule has 0 heterocycles. The molecule has 18 heavy (non-hydrogen) atoms. The quantitative estimate of drug-likeness (QED) is 0.462. The minimum absolute atomic E-state index is 0.650. The molecule has 0 fully saturated rings. The van der Waals surface area contributed by atoms with E-state index in [0.717, 1.165) is 6.54 Å². The lowest BCUT2D eigenvalue weighted by molar-refractivity contribution is 0.0272. The molecule has 0 bridgehead atoms. The number of benzene rings is 1. The largest absolute Gasteiger partial charge is 0.297 e. The molecule has 2 heteroatoms. The van der Waals surface area contributed by atoms with Crippen LogP contribution in [0.15, 0.2) is 30.3 Å². The van der Waals surface area contributed by atoms with E-state index in [9.17, 15) is 0 Å². The molecule has 1 aromatic carbocycles. The Kier molecular flexibility index (Phi) is 9.49. The summed E-state index contributed by atoms with van der Waals surface area (Å²) in [6, 6.07) is 10.3. The first kappa shape index (κ1) is 15.2. The van der Waals surface area contributed by atoms with Crippen molar-refractivity contribution in [2.75, 3.05) is 6.54 Å². The van der Waals surface area contributed by atoms with Crippen molar-refractivity contribution in [2.24, 2.45) is 0 Å². The van der Waals surface area contributed by atoms with Gasteiger partial charge in [0.25, 0.3) is 0 Å². The summed E-state index contributed by atoms with van der Waals surface area (Å²) < 4.78 is 0. The molecule has 1 rings (SSSR count). The maximum absolute atomic E-state index is 5.41. The SMILES string of the molecule is CCCCCCCCCNOCc1ccccc1. The van der Waals surface area contributed by atoms with Crippen molar-refractivity contribution in [1.82, 2.24) is 5.48 Å².